The summed E-state index contributed by atoms with van der Waals surface area (Å²) in [5.41, 5.74) is 1.61. The number of ether oxygens (including phenoxy) is 2. The van der Waals surface area contributed by atoms with Gasteiger partial charge in [-0.1, -0.05) is 49.4 Å². The average molecular weight is 455 g/mol. The number of hydrogen-bond acceptors (Lipinski definition) is 2. The zero-order valence-electron chi connectivity index (χ0n) is 19.0. The number of hydrogen-bond donors (Lipinski definition) is 0. The van der Waals surface area contributed by atoms with Crippen molar-refractivity contribution in [2.75, 3.05) is 13.2 Å². The Morgan fingerprint density at radius 1 is 0.879 bits per heavy atom. The molecule has 0 amide bonds. The van der Waals surface area contributed by atoms with Crippen LogP contribution in [0.25, 0.3) is 11.1 Å². The van der Waals surface area contributed by atoms with Gasteiger partial charge in [0, 0.05) is 23.8 Å². The van der Waals surface area contributed by atoms with Crippen LogP contribution in [0.15, 0.2) is 72.3 Å². The maximum atomic E-state index is 14.7. The van der Waals surface area contributed by atoms with Gasteiger partial charge in [-0.15, -0.1) is 0 Å². The Hall–Kier alpha value is -2.95. The van der Waals surface area contributed by atoms with E-state index >= 15 is 0 Å². The Morgan fingerprint density at radius 3 is 2.33 bits per heavy atom. The van der Waals surface area contributed by atoms with Crippen molar-refractivity contribution in [2.45, 2.75) is 39.0 Å². The summed E-state index contributed by atoms with van der Waals surface area (Å²) in [6.45, 7) is 4.65. The van der Waals surface area contributed by atoms with Gasteiger partial charge in [0.25, 0.3) is 0 Å². The molecule has 0 aliphatic heterocycles. The Bertz CT molecular complexity index is 1070. The lowest BCUT2D eigenvalue weighted by Crippen LogP contribution is -2.13. The minimum absolute atomic E-state index is 0.0999. The molecule has 0 heterocycles. The first kappa shape index (κ1) is 23.2. The van der Waals surface area contributed by atoms with Crippen LogP contribution in [0.2, 0.25) is 0 Å². The molecule has 0 bridgehead atoms. The summed E-state index contributed by atoms with van der Waals surface area (Å²) in [7, 11) is 0. The van der Waals surface area contributed by atoms with Crippen molar-refractivity contribution in [3.05, 3.63) is 89.5 Å². The zero-order valence-corrected chi connectivity index (χ0v) is 19.0. The summed E-state index contributed by atoms with van der Waals surface area (Å²) in [5.74, 6) is -1.20. The van der Waals surface area contributed by atoms with Gasteiger partial charge in [-0.25, -0.2) is 8.78 Å². The molecule has 0 fully saturated rings. The summed E-state index contributed by atoms with van der Waals surface area (Å²) in [6.07, 6.45) is 10.4. The third kappa shape index (κ3) is 5.35. The van der Waals surface area contributed by atoms with Crippen LogP contribution in [0.4, 0.5) is 13.2 Å². The second-order valence-corrected chi connectivity index (χ2v) is 8.74. The molecule has 0 aromatic heterocycles. The van der Waals surface area contributed by atoms with E-state index in [1.54, 1.807) is 25.1 Å². The maximum absolute atomic E-state index is 14.7. The van der Waals surface area contributed by atoms with Crippen molar-refractivity contribution >= 4 is 0 Å². The highest BCUT2D eigenvalue weighted by molar-refractivity contribution is 5.66. The smallest absolute Gasteiger partial charge is 0.201 e. The molecule has 3 unspecified atom stereocenters. The lowest BCUT2D eigenvalue weighted by molar-refractivity contribution is 0.172. The fourth-order valence-corrected chi connectivity index (χ4v) is 4.29. The molecule has 2 aliphatic carbocycles. The molecule has 0 saturated heterocycles. The molecule has 5 heteroatoms. The highest BCUT2D eigenvalue weighted by atomic mass is 19.2. The van der Waals surface area contributed by atoms with Gasteiger partial charge in [0.05, 0.1) is 13.2 Å². The van der Waals surface area contributed by atoms with E-state index in [0.717, 1.165) is 18.4 Å². The largest absolute Gasteiger partial charge is 0.491 e. The minimum atomic E-state index is -0.994. The van der Waals surface area contributed by atoms with Gasteiger partial charge >= 0.3 is 0 Å². The maximum Gasteiger partial charge on any atom is 0.201 e. The van der Waals surface area contributed by atoms with Crippen molar-refractivity contribution in [2.24, 2.45) is 11.8 Å². The molecule has 2 nitrogen and oxygen atoms in total. The third-order valence-corrected chi connectivity index (χ3v) is 6.30. The van der Waals surface area contributed by atoms with E-state index in [-0.39, 0.29) is 36.1 Å². The number of allylic oxidation sites excluding steroid dienone is 4. The SMILES string of the molecule is CCOc1ccc(-c2ccc(C3C=CC(OCC4C=CC(C)CC4)=C(F)C3)cc2)c(F)c1F. The number of rotatable bonds is 7. The van der Waals surface area contributed by atoms with E-state index in [1.165, 1.54) is 12.1 Å². The van der Waals surface area contributed by atoms with Crippen molar-refractivity contribution in [1.82, 2.24) is 0 Å². The Morgan fingerprint density at radius 2 is 1.67 bits per heavy atom. The fourth-order valence-electron chi connectivity index (χ4n) is 4.29. The summed E-state index contributed by atoms with van der Waals surface area (Å²) >= 11 is 0. The average Bonchev–Trinajstić information content (AvgIpc) is 2.83. The lowest BCUT2D eigenvalue weighted by Gasteiger charge is -2.23. The highest BCUT2D eigenvalue weighted by Gasteiger charge is 2.21. The van der Waals surface area contributed by atoms with Crippen molar-refractivity contribution in [3.8, 4) is 16.9 Å². The van der Waals surface area contributed by atoms with Crippen LogP contribution in [-0.2, 0) is 4.74 Å². The van der Waals surface area contributed by atoms with E-state index in [9.17, 15) is 13.2 Å². The predicted octanol–water partition coefficient (Wildman–Crippen LogP) is 7.87. The van der Waals surface area contributed by atoms with Gasteiger partial charge in [-0.3, -0.25) is 0 Å². The topological polar surface area (TPSA) is 18.5 Å². The summed E-state index contributed by atoms with van der Waals surface area (Å²) in [5, 5.41) is 0. The predicted molar refractivity (Wildman–Crippen MR) is 125 cm³/mol. The van der Waals surface area contributed by atoms with Crippen molar-refractivity contribution < 1.29 is 22.6 Å². The summed E-state index contributed by atoms with van der Waals surface area (Å²) < 4.78 is 54.3. The standard InChI is InChI=1S/C28H29F3O2/c1-3-32-26-15-13-23(27(30)28(26)31)21-10-8-20(9-11-21)22-12-14-25(24(29)16-22)33-17-19-6-4-18(2)5-7-19/h4,6,8-15,18-19,22H,3,5,7,16-17H2,1-2H3. The van der Waals surface area contributed by atoms with Crippen LogP contribution in [0.5, 0.6) is 5.75 Å². The molecule has 3 atom stereocenters. The van der Waals surface area contributed by atoms with E-state index in [1.807, 2.05) is 18.2 Å². The second-order valence-electron chi connectivity index (χ2n) is 8.74. The van der Waals surface area contributed by atoms with Gasteiger partial charge in [0.15, 0.2) is 11.6 Å². The first-order chi connectivity index (χ1) is 16.0. The number of halogens is 3. The van der Waals surface area contributed by atoms with E-state index in [4.69, 9.17) is 9.47 Å². The molecule has 2 aromatic rings. The third-order valence-electron chi connectivity index (χ3n) is 6.30. The van der Waals surface area contributed by atoms with Crippen molar-refractivity contribution in [1.29, 1.82) is 0 Å². The van der Waals surface area contributed by atoms with Gasteiger partial charge in [0.1, 0.15) is 11.6 Å². The second kappa shape index (κ2) is 10.3. The molecule has 2 aliphatic rings. The van der Waals surface area contributed by atoms with Crippen LogP contribution < -0.4 is 4.74 Å². The van der Waals surface area contributed by atoms with Gasteiger partial charge in [-0.05, 0) is 55.0 Å². The molecular weight excluding hydrogens is 425 g/mol. The zero-order chi connectivity index (χ0) is 23.4. The summed E-state index contributed by atoms with van der Waals surface area (Å²) in [6, 6.07) is 10.0. The molecule has 0 N–H and O–H groups in total. The van der Waals surface area contributed by atoms with Gasteiger partial charge in [-0.2, -0.15) is 4.39 Å². The molecule has 33 heavy (non-hydrogen) atoms. The molecule has 4 rings (SSSR count). The first-order valence-electron chi connectivity index (χ1n) is 11.5. The molecule has 0 saturated carbocycles. The lowest BCUT2D eigenvalue weighted by atomic mass is 9.89. The number of benzene rings is 2. The fraction of sp³-hybridized carbons (Fsp3) is 0.357. The molecule has 0 spiro atoms. The van der Waals surface area contributed by atoms with Gasteiger partial charge < -0.3 is 9.47 Å². The van der Waals surface area contributed by atoms with E-state index < -0.39 is 11.6 Å². The minimum Gasteiger partial charge on any atom is -0.491 e. The highest BCUT2D eigenvalue weighted by Crippen LogP contribution is 2.35. The van der Waals surface area contributed by atoms with E-state index in [0.29, 0.717) is 29.8 Å². The summed E-state index contributed by atoms with van der Waals surface area (Å²) in [4.78, 5) is 0. The molecule has 0 radical (unpaired) electrons. The van der Waals surface area contributed by atoms with Crippen LogP contribution in [0.1, 0.15) is 44.6 Å². The molecular formula is C28H29F3O2. The Labute approximate surface area is 193 Å². The first-order valence-corrected chi connectivity index (χ1v) is 11.5. The van der Waals surface area contributed by atoms with Gasteiger partial charge in [0.2, 0.25) is 5.82 Å². The van der Waals surface area contributed by atoms with Crippen LogP contribution >= 0.6 is 0 Å². The molecule has 2 aromatic carbocycles. The van der Waals surface area contributed by atoms with Crippen LogP contribution in [-0.4, -0.2) is 13.2 Å². The normalized spacial score (nSPS) is 22.5. The Kier molecular flexibility index (Phi) is 7.26. The monoisotopic (exact) mass is 454 g/mol. The van der Waals surface area contributed by atoms with Crippen LogP contribution in [0, 0.1) is 23.5 Å². The quantitative estimate of drug-likeness (QED) is 0.396. The molecule has 174 valence electrons. The van der Waals surface area contributed by atoms with Crippen molar-refractivity contribution in [3.63, 3.8) is 0 Å². The Balaban J connectivity index is 1.41. The van der Waals surface area contributed by atoms with E-state index in [2.05, 4.69) is 19.1 Å². The van der Waals surface area contributed by atoms with Crippen LogP contribution in [0.3, 0.4) is 0 Å².